The van der Waals surface area contributed by atoms with E-state index in [1.807, 2.05) is 0 Å². The molecular formula is C12H10BrFN2O4S2. The molecule has 10 heteroatoms. The Morgan fingerprint density at radius 1 is 0.955 bits per heavy atom. The minimum absolute atomic E-state index is 0.220. The molecule has 0 saturated heterocycles. The van der Waals surface area contributed by atoms with Crippen LogP contribution in [0.15, 0.2) is 56.7 Å². The summed E-state index contributed by atoms with van der Waals surface area (Å²) in [6.45, 7) is 0. The maximum absolute atomic E-state index is 13.7. The first-order valence-corrected chi connectivity index (χ1v) is 9.52. The highest BCUT2D eigenvalue weighted by Gasteiger charge is 2.17. The number of hydrogen-bond donors (Lipinski definition) is 2. The van der Waals surface area contributed by atoms with Gasteiger partial charge in [0.05, 0.1) is 15.5 Å². The second-order valence-electron chi connectivity index (χ2n) is 4.25. The van der Waals surface area contributed by atoms with Crippen LogP contribution in [-0.4, -0.2) is 16.8 Å². The molecule has 0 radical (unpaired) electrons. The van der Waals surface area contributed by atoms with Gasteiger partial charge < -0.3 is 0 Å². The average Bonchev–Trinajstić information content (AvgIpc) is 2.41. The normalized spacial score (nSPS) is 12.1. The fourth-order valence-corrected chi connectivity index (χ4v) is 3.50. The SMILES string of the molecule is NS(=O)(=O)c1ccc(S(=O)(=O)Nc2ccc(Br)cc2F)cc1. The van der Waals surface area contributed by atoms with Crippen LogP contribution in [0.2, 0.25) is 0 Å². The third-order valence-corrected chi connectivity index (χ3v) is 5.44. The molecule has 0 heterocycles. The van der Waals surface area contributed by atoms with Gasteiger partial charge in [0, 0.05) is 4.47 Å². The summed E-state index contributed by atoms with van der Waals surface area (Å²) in [7, 11) is -7.97. The van der Waals surface area contributed by atoms with E-state index >= 15 is 0 Å². The van der Waals surface area contributed by atoms with Gasteiger partial charge in [-0.15, -0.1) is 0 Å². The number of benzene rings is 2. The van der Waals surface area contributed by atoms with Gasteiger partial charge in [0.25, 0.3) is 10.0 Å². The predicted molar refractivity (Wildman–Crippen MR) is 82.7 cm³/mol. The van der Waals surface area contributed by atoms with E-state index in [1.54, 1.807) is 0 Å². The molecule has 22 heavy (non-hydrogen) atoms. The Balaban J connectivity index is 2.34. The van der Waals surface area contributed by atoms with Crippen molar-refractivity contribution < 1.29 is 21.2 Å². The molecule has 0 atom stereocenters. The number of halogens is 2. The molecule has 2 aromatic carbocycles. The van der Waals surface area contributed by atoms with Crippen molar-refractivity contribution in [2.45, 2.75) is 9.79 Å². The Bertz CT molecular complexity index is 913. The zero-order valence-electron chi connectivity index (χ0n) is 10.8. The molecular weight excluding hydrogens is 399 g/mol. The Morgan fingerprint density at radius 3 is 2.00 bits per heavy atom. The smallest absolute Gasteiger partial charge is 0.261 e. The number of hydrogen-bond acceptors (Lipinski definition) is 4. The molecule has 0 unspecified atom stereocenters. The highest BCUT2D eigenvalue weighted by Crippen LogP contribution is 2.23. The summed E-state index contributed by atoms with van der Waals surface area (Å²) >= 11 is 3.06. The van der Waals surface area contributed by atoms with Crippen molar-refractivity contribution >= 4 is 41.7 Å². The number of nitrogens with one attached hydrogen (secondary N) is 1. The van der Waals surface area contributed by atoms with E-state index in [1.165, 1.54) is 12.1 Å². The van der Waals surface area contributed by atoms with E-state index in [-0.39, 0.29) is 15.5 Å². The number of nitrogens with two attached hydrogens (primary N) is 1. The summed E-state index contributed by atoms with van der Waals surface area (Å²) in [5.74, 6) is -0.751. The summed E-state index contributed by atoms with van der Waals surface area (Å²) in [6, 6.07) is 8.10. The maximum atomic E-state index is 13.7. The fraction of sp³-hybridized carbons (Fsp3) is 0. The number of sulfonamides is 2. The van der Waals surface area contributed by atoms with Crippen LogP contribution < -0.4 is 9.86 Å². The first-order chi connectivity index (χ1) is 10.1. The number of anilines is 1. The van der Waals surface area contributed by atoms with Gasteiger partial charge >= 0.3 is 0 Å². The molecule has 0 aliphatic rings. The van der Waals surface area contributed by atoms with Crippen molar-refractivity contribution in [2.24, 2.45) is 5.14 Å². The molecule has 0 saturated carbocycles. The quantitative estimate of drug-likeness (QED) is 0.806. The molecule has 0 amide bonds. The molecule has 0 spiro atoms. The number of rotatable bonds is 4. The minimum Gasteiger partial charge on any atom is -0.277 e. The fourth-order valence-electron chi connectivity index (χ4n) is 1.58. The second kappa shape index (κ2) is 5.95. The lowest BCUT2D eigenvalue weighted by Crippen LogP contribution is -2.15. The molecule has 0 fully saturated rings. The van der Waals surface area contributed by atoms with Gasteiger partial charge in [0.15, 0.2) is 0 Å². The van der Waals surface area contributed by atoms with Gasteiger partial charge in [0.1, 0.15) is 5.82 Å². The maximum Gasteiger partial charge on any atom is 0.261 e. The van der Waals surface area contributed by atoms with Crippen LogP contribution in [0, 0.1) is 5.82 Å². The van der Waals surface area contributed by atoms with Crippen molar-refractivity contribution in [3.05, 3.63) is 52.8 Å². The summed E-state index contributed by atoms with van der Waals surface area (Å²) in [4.78, 5) is -0.441. The van der Waals surface area contributed by atoms with Gasteiger partial charge in [-0.1, -0.05) is 15.9 Å². The van der Waals surface area contributed by atoms with Crippen LogP contribution in [0.1, 0.15) is 0 Å². The van der Waals surface area contributed by atoms with Crippen molar-refractivity contribution in [2.75, 3.05) is 4.72 Å². The largest absolute Gasteiger partial charge is 0.277 e. The molecule has 6 nitrogen and oxygen atoms in total. The van der Waals surface area contributed by atoms with Crippen molar-refractivity contribution in [3.8, 4) is 0 Å². The molecule has 118 valence electrons. The van der Waals surface area contributed by atoms with Crippen molar-refractivity contribution in [1.82, 2.24) is 0 Å². The van der Waals surface area contributed by atoms with E-state index < -0.39 is 25.9 Å². The Morgan fingerprint density at radius 2 is 1.50 bits per heavy atom. The Kier molecular flexibility index (Phi) is 4.57. The van der Waals surface area contributed by atoms with Crippen LogP contribution in [0.25, 0.3) is 0 Å². The summed E-state index contributed by atoms with van der Waals surface area (Å²) in [5.41, 5.74) is -0.223. The van der Waals surface area contributed by atoms with Gasteiger partial charge in [-0.2, -0.15) is 0 Å². The van der Waals surface area contributed by atoms with E-state index in [0.29, 0.717) is 4.47 Å². The van der Waals surface area contributed by atoms with Crippen LogP contribution >= 0.6 is 15.9 Å². The third kappa shape index (κ3) is 3.83. The monoisotopic (exact) mass is 408 g/mol. The zero-order valence-corrected chi connectivity index (χ0v) is 14.0. The average molecular weight is 409 g/mol. The van der Waals surface area contributed by atoms with Crippen molar-refractivity contribution in [3.63, 3.8) is 0 Å². The minimum atomic E-state index is -4.05. The van der Waals surface area contributed by atoms with Gasteiger partial charge in [-0.3, -0.25) is 4.72 Å². The number of primary sulfonamides is 1. The first kappa shape index (κ1) is 16.9. The van der Waals surface area contributed by atoms with E-state index in [9.17, 15) is 21.2 Å². The highest BCUT2D eigenvalue weighted by molar-refractivity contribution is 9.10. The molecule has 0 aliphatic heterocycles. The van der Waals surface area contributed by atoms with Crippen molar-refractivity contribution in [1.29, 1.82) is 0 Å². The summed E-state index contributed by atoms with van der Waals surface area (Å²) < 4.78 is 62.7. The predicted octanol–water partition coefficient (Wildman–Crippen LogP) is 2.04. The van der Waals surface area contributed by atoms with E-state index in [4.69, 9.17) is 5.14 Å². The topological polar surface area (TPSA) is 106 Å². The van der Waals surface area contributed by atoms with E-state index in [2.05, 4.69) is 20.7 Å². The summed E-state index contributed by atoms with van der Waals surface area (Å²) in [6.07, 6.45) is 0. The molecule has 0 aromatic heterocycles. The molecule has 2 aromatic rings. The van der Waals surface area contributed by atoms with Gasteiger partial charge in [-0.05, 0) is 42.5 Å². The summed E-state index contributed by atoms with van der Waals surface area (Å²) in [5, 5.41) is 4.93. The first-order valence-electron chi connectivity index (χ1n) is 5.70. The van der Waals surface area contributed by atoms with Crippen LogP contribution in [0.4, 0.5) is 10.1 Å². The lowest BCUT2D eigenvalue weighted by molar-refractivity contribution is 0.594. The highest BCUT2D eigenvalue weighted by atomic mass is 79.9. The molecule has 0 bridgehead atoms. The Labute approximate surface area is 135 Å². The van der Waals surface area contributed by atoms with E-state index in [0.717, 1.165) is 30.3 Å². The lowest BCUT2D eigenvalue weighted by atomic mass is 10.3. The van der Waals surface area contributed by atoms with Gasteiger partial charge in [-0.25, -0.2) is 26.4 Å². The van der Waals surface area contributed by atoms with Crippen LogP contribution in [-0.2, 0) is 20.0 Å². The van der Waals surface area contributed by atoms with Gasteiger partial charge in [0.2, 0.25) is 10.0 Å². The molecule has 2 rings (SSSR count). The Hall–Kier alpha value is -1.49. The third-order valence-electron chi connectivity index (χ3n) is 2.64. The zero-order chi connectivity index (χ0) is 16.5. The standard InChI is InChI=1S/C12H10BrFN2O4S2/c13-8-1-6-12(11(14)7-8)16-22(19,20)10-4-2-9(3-5-10)21(15,17)18/h1-7,16H,(H2,15,17,18). The second-order valence-corrected chi connectivity index (χ2v) is 8.41. The van der Waals surface area contributed by atoms with Crippen LogP contribution in [0.3, 0.4) is 0 Å². The molecule has 3 N–H and O–H groups in total. The lowest BCUT2D eigenvalue weighted by Gasteiger charge is -2.09. The molecule has 0 aliphatic carbocycles. The van der Waals surface area contributed by atoms with Crippen LogP contribution in [0.5, 0.6) is 0 Å².